The van der Waals surface area contributed by atoms with E-state index >= 15 is 0 Å². The highest BCUT2D eigenvalue weighted by atomic mass is 35.5. The van der Waals surface area contributed by atoms with Gasteiger partial charge in [-0.25, -0.2) is 8.42 Å². The Morgan fingerprint density at radius 3 is 2.75 bits per heavy atom. The Balaban J connectivity index is 2.14. The maximum Gasteiger partial charge on any atom is 0.250 e. The third-order valence-corrected chi connectivity index (χ3v) is 5.76. The van der Waals surface area contributed by atoms with Crippen molar-refractivity contribution in [2.45, 2.75) is 18.2 Å². The molecule has 24 heavy (non-hydrogen) atoms. The molecule has 0 saturated carbocycles. The number of carbonyl (C=O) groups excluding carboxylic acids is 1. The van der Waals surface area contributed by atoms with Crippen LogP contribution in [-0.4, -0.2) is 58.1 Å². The van der Waals surface area contributed by atoms with Crippen molar-refractivity contribution in [2.75, 3.05) is 44.8 Å². The molecule has 0 aromatic heterocycles. The van der Waals surface area contributed by atoms with Crippen molar-refractivity contribution in [2.24, 2.45) is 0 Å². The van der Waals surface area contributed by atoms with Gasteiger partial charge in [-0.2, -0.15) is 4.31 Å². The molecule has 1 fully saturated rings. The number of ether oxygens (including phenoxy) is 2. The normalized spacial score (nSPS) is 16.1. The highest BCUT2D eigenvalue weighted by Crippen LogP contribution is 2.28. The second-order valence-corrected chi connectivity index (χ2v) is 7.58. The summed E-state index contributed by atoms with van der Waals surface area (Å²) in [4.78, 5) is 11.8. The Hall–Kier alpha value is -1.19. The average molecular weight is 377 g/mol. The standard InChI is InChI=1S/C15H21ClN2O5S/c1-2-7-23-11-15(19)17-12-3-4-13(16)14(10-12)24(20,21)18-5-8-22-9-6-18/h3-4,10H,2,5-9,11H2,1H3,(H,17,19). The van der Waals surface area contributed by atoms with Crippen LogP contribution in [0.2, 0.25) is 5.02 Å². The average Bonchev–Trinajstić information content (AvgIpc) is 2.57. The minimum absolute atomic E-state index is 0.0293. The number of nitrogens with one attached hydrogen (secondary N) is 1. The summed E-state index contributed by atoms with van der Waals surface area (Å²) in [5.74, 6) is -0.347. The van der Waals surface area contributed by atoms with Gasteiger partial charge in [-0.15, -0.1) is 0 Å². The fourth-order valence-electron chi connectivity index (χ4n) is 2.21. The third-order valence-electron chi connectivity index (χ3n) is 3.38. The molecular weight excluding hydrogens is 356 g/mol. The van der Waals surface area contributed by atoms with Gasteiger partial charge in [-0.05, 0) is 24.6 Å². The summed E-state index contributed by atoms with van der Waals surface area (Å²) in [5, 5.41) is 2.73. The number of anilines is 1. The fraction of sp³-hybridized carbons (Fsp3) is 0.533. The summed E-state index contributed by atoms with van der Waals surface area (Å²) in [6.45, 7) is 3.61. The van der Waals surface area contributed by atoms with Gasteiger partial charge in [0.25, 0.3) is 0 Å². The van der Waals surface area contributed by atoms with E-state index in [9.17, 15) is 13.2 Å². The van der Waals surface area contributed by atoms with Crippen LogP contribution >= 0.6 is 11.6 Å². The van der Waals surface area contributed by atoms with E-state index in [0.29, 0.717) is 25.5 Å². The molecule has 134 valence electrons. The van der Waals surface area contributed by atoms with Gasteiger partial charge in [0.15, 0.2) is 0 Å². The second kappa shape index (κ2) is 8.77. The smallest absolute Gasteiger partial charge is 0.250 e. The molecule has 1 N–H and O–H groups in total. The van der Waals surface area contributed by atoms with Crippen molar-refractivity contribution in [1.82, 2.24) is 4.31 Å². The topological polar surface area (TPSA) is 84.9 Å². The number of hydrogen-bond acceptors (Lipinski definition) is 5. The highest BCUT2D eigenvalue weighted by Gasteiger charge is 2.28. The maximum absolute atomic E-state index is 12.7. The van der Waals surface area contributed by atoms with Crippen molar-refractivity contribution in [3.63, 3.8) is 0 Å². The molecule has 1 aromatic carbocycles. The molecule has 0 bridgehead atoms. The first-order chi connectivity index (χ1) is 11.4. The van der Waals surface area contributed by atoms with E-state index in [2.05, 4.69) is 5.32 Å². The summed E-state index contributed by atoms with van der Waals surface area (Å²) in [7, 11) is -3.73. The van der Waals surface area contributed by atoms with Crippen LogP contribution in [0.25, 0.3) is 0 Å². The number of amides is 1. The Labute approximate surface area is 146 Å². The number of morpholine rings is 1. The number of nitrogens with zero attached hydrogens (tertiary/aromatic N) is 1. The number of hydrogen-bond donors (Lipinski definition) is 1. The molecule has 0 unspecified atom stereocenters. The number of sulfonamides is 1. The van der Waals surface area contributed by atoms with Crippen molar-refractivity contribution in [1.29, 1.82) is 0 Å². The van der Waals surface area contributed by atoms with Crippen LogP contribution in [0.15, 0.2) is 23.1 Å². The predicted molar refractivity (Wildman–Crippen MR) is 90.8 cm³/mol. The van der Waals surface area contributed by atoms with Crippen LogP contribution in [0, 0.1) is 0 Å². The number of halogens is 1. The predicted octanol–water partition coefficient (Wildman–Crippen LogP) is 1.73. The first-order valence-corrected chi connectivity index (χ1v) is 9.52. The van der Waals surface area contributed by atoms with E-state index in [-0.39, 0.29) is 35.5 Å². The summed E-state index contributed by atoms with van der Waals surface area (Å²) >= 11 is 6.06. The van der Waals surface area contributed by atoms with E-state index in [1.807, 2.05) is 6.92 Å². The molecule has 2 rings (SSSR count). The monoisotopic (exact) mass is 376 g/mol. The van der Waals surface area contributed by atoms with E-state index in [0.717, 1.165) is 6.42 Å². The molecule has 1 aromatic rings. The van der Waals surface area contributed by atoms with Gasteiger partial charge in [0.2, 0.25) is 15.9 Å². The number of carbonyl (C=O) groups is 1. The molecular formula is C15H21ClN2O5S. The molecule has 1 saturated heterocycles. The van der Waals surface area contributed by atoms with Gasteiger partial charge in [0, 0.05) is 25.4 Å². The Morgan fingerprint density at radius 2 is 2.08 bits per heavy atom. The molecule has 1 amide bonds. The molecule has 1 heterocycles. The van der Waals surface area contributed by atoms with Gasteiger partial charge >= 0.3 is 0 Å². The molecule has 9 heteroatoms. The summed E-state index contributed by atoms with van der Waals surface area (Å²) in [5.41, 5.74) is 0.358. The van der Waals surface area contributed by atoms with E-state index in [4.69, 9.17) is 21.1 Å². The zero-order valence-electron chi connectivity index (χ0n) is 13.5. The Kier molecular flexibility index (Phi) is 7.00. The first-order valence-electron chi connectivity index (χ1n) is 7.70. The molecule has 7 nitrogen and oxygen atoms in total. The molecule has 1 aliphatic heterocycles. The van der Waals surface area contributed by atoms with Crippen LogP contribution < -0.4 is 5.32 Å². The quantitative estimate of drug-likeness (QED) is 0.732. The van der Waals surface area contributed by atoms with E-state index < -0.39 is 10.0 Å². The van der Waals surface area contributed by atoms with Crippen LogP contribution in [-0.2, 0) is 24.3 Å². The minimum Gasteiger partial charge on any atom is -0.379 e. The Morgan fingerprint density at radius 1 is 1.38 bits per heavy atom. The molecule has 0 atom stereocenters. The maximum atomic E-state index is 12.7. The van der Waals surface area contributed by atoms with Crippen LogP contribution in [0.1, 0.15) is 13.3 Å². The third kappa shape index (κ3) is 4.90. The number of benzene rings is 1. The summed E-state index contributed by atoms with van der Waals surface area (Å²) in [6, 6.07) is 4.38. The van der Waals surface area contributed by atoms with Gasteiger partial charge in [-0.3, -0.25) is 4.79 Å². The summed E-state index contributed by atoms with van der Waals surface area (Å²) < 4.78 is 37.1. The molecule has 1 aliphatic rings. The zero-order chi connectivity index (χ0) is 17.6. The molecule has 0 radical (unpaired) electrons. The highest BCUT2D eigenvalue weighted by molar-refractivity contribution is 7.89. The lowest BCUT2D eigenvalue weighted by atomic mass is 10.3. The largest absolute Gasteiger partial charge is 0.379 e. The lowest BCUT2D eigenvalue weighted by Gasteiger charge is -2.26. The van der Waals surface area contributed by atoms with Gasteiger partial charge < -0.3 is 14.8 Å². The molecule has 0 aliphatic carbocycles. The first kappa shape index (κ1) is 19.1. The van der Waals surface area contributed by atoms with Crippen molar-refractivity contribution in [3.8, 4) is 0 Å². The van der Waals surface area contributed by atoms with Crippen LogP contribution in [0.5, 0.6) is 0 Å². The van der Waals surface area contributed by atoms with Gasteiger partial charge in [0.05, 0.1) is 18.2 Å². The lowest BCUT2D eigenvalue weighted by Crippen LogP contribution is -2.40. The number of rotatable bonds is 7. The lowest BCUT2D eigenvalue weighted by molar-refractivity contribution is -0.120. The van der Waals surface area contributed by atoms with Crippen molar-refractivity contribution < 1.29 is 22.7 Å². The van der Waals surface area contributed by atoms with Gasteiger partial charge in [0.1, 0.15) is 11.5 Å². The van der Waals surface area contributed by atoms with Crippen LogP contribution in [0.3, 0.4) is 0 Å². The van der Waals surface area contributed by atoms with E-state index in [1.54, 1.807) is 6.07 Å². The zero-order valence-corrected chi connectivity index (χ0v) is 15.0. The van der Waals surface area contributed by atoms with Crippen LogP contribution in [0.4, 0.5) is 5.69 Å². The van der Waals surface area contributed by atoms with Crippen molar-refractivity contribution >= 4 is 33.2 Å². The van der Waals surface area contributed by atoms with Crippen molar-refractivity contribution in [3.05, 3.63) is 23.2 Å². The SMILES string of the molecule is CCCOCC(=O)Nc1ccc(Cl)c(S(=O)(=O)N2CCOCC2)c1. The molecule has 0 spiro atoms. The second-order valence-electron chi connectivity index (χ2n) is 5.26. The fourth-order valence-corrected chi connectivity index (χ4v) is 4.12. The minimum atomic E-state index is -3.73. The Bertz CT molecular complexity index is 674. The summed E-state index contributed by atoms with van der Waals surface area (Å²) in [6.07, 6.45) is 0.816. The van der Waals surface area contributed by atoms with Gasteiger partial charge in [-0.1, -0.05) is 18.5 Å². The van der Waals surface area contributed by atoms with E-state index in [1.165, 1.54) is 16.4 Å².